The van der Waals surface area contributed by atoms with Crippen molar-refractivity contribution >= 4 is 39.2 Å². The van der Waals surface area contributed by atoms with Gasteiger partial charge in [-0.05, 0) is 60.0 Å². The number of anilines is 1. The number of hydrogen-bond acceptors (Lipinski definition) is 9. The first-order valence-corrected chi connectivity index (χ1v) is 17.3. The van der Waals surface area contributed by atoms with Gasteiger partial charge in [0.15, 0.2) is 5.75 Å². The smallest absolute Gasteiger partial charge is 0.239 e. The van der Waals surface area contributed by atoms with Gasteiger partial charge in [0.2, 0.25) is 16.0 Å². The Morgan fingerprint density at radius 2 is 1.68 bits per heavy atom. The topological polar surface area (TPSA) is 124 Å². The van der Waals surface area contributed by atoms with E-state index in [1.165, 1.54) is 7.11 Å². The first-order valence-electron chi connectivity index (χ1n) is 14.5. The van der Waals surface area contributed by atoms with Crippen molar-refractivity contribution < 1.29 is 27.4 Å². The quantitative estimate of drug-likeness (QED) is 0.131. The molecule has 1 heterocycles. The third kappa shape index (κ3) is 8.38. The molecule has 0 radical (unpaired) electrons. The lowest BCUT2D eigenvalue weighted by molar-refractivity contribution is 0.300. The van der Waals surface area contributed by atoms with Crippen LogP contribution in [0.15, 0.2) is 60.8 Å². The van der Waals surface area contributed by atoms with Gasteiger partial charge in [0.05, 0.1) is 49.2 Å². The van der Waals surface area contributed by atoms with Gasteiger partial charge in [-0.1, -0.05) is 37.6 Å². The van der Waals surface area contributed by atoms with Crippen LogP contribution in [0.2, 0.25) is 5.02 Å². The van der Waals surface area contributed by atoms with Gasteiger partial charge in [-0.15, -0.1) is 11.6 Å². The number of sulfonamides is 1. The summed E-state index contributed by atoms with van der Waals surface area (Å²) in [5, 5.41) is 10.1. The highest BCUT2D eigenvalue weighted by atomic mass is 35.5. The van der Waals surface area contributed by atoms with Crippen molar-refractivity contribution in [3.63, 3.8) is 0 Å². The second kappa shape index (κ2) is 15.1. The van der Waals surface area contributed by atoms with Crippen molar-refractivity contribution in [2.75, 3.05) is 37.3 Å². The van der Waals surface area contributed by atoms with Crippen LogP contribution in [0.1, 0.15) is 47.4 Å². The van der Waals surface area contributed by atoms with E-state index < -0.39 is 15.4 Å². The van der Waals surface area contributed by atoms with Gasteiger partial charge in [-0.25, -0.2) is 22.7 Å². The van der Waals surface area contributed by atoms with Gasteiger partial charge in [0.25, 0.3) is 0 Å². The lowest BCUT2D eigenvalue weighted by atomic mass is 9.77. The molecule has 0 saturated heterocycles. The van der Waals surface area contributed by atoms with E-state index in [-0.39, 0.29) is 31.6 Å². The van der Waals surface area contributed by atoms with Gasteiger partial charge < -0.3 is 18.9 Å². The number of benzene rings is 3. The number of methoxy groups -OCH3 is 2. The lowest BCUT2D eigenvalue weighted by Gasteiger charge is -2.27. The number of rotatable bonds is 14. The average molecular weight is 700 g/mol. The number of aromatic nitrogens is 2. The summed E-state index contributed by atoms with van der Waals surface area (Å²) >= 11 is 12.2. The summed E-state index contributed by atoms with van der Waals surface area (Å²) in [6.07, 6.45) is 2.67. The fourth-order valence-electron chi connectivity index (χ4n) is 4.82. The normalized spacial score (nSPS) is 11.5. The van der Waals surface area contributed by atoms with Crippen LogP contribution in [0.3, 0.4) is 0 Å². The molecule has 47 heavy (non-hydrogen) atoms. The molecule has 0 spiro atoms. The van der Waals surface area contributed by atoms with Crippen molar-refractivity contribution in [1.29, 1.82) is 5.26 Å². The Bertz CT molecular complexity index is 1880. The molecular weight excluding hydrogens is 663 g/mol. The maximum Gasteiger partial charge on any atom is 0.239 e. The number of hydrogen-bond donors (Lipinski definition) is 0. The molecule has 0 aliphatic rings. The summed E-state index contributed by atoms with van der Waals surface area (Å²) in [4.78, 5) is 8.90. The van der Waals surface area contributed by atoms with E-state index in [0.29, 0.717) is 44.8 Å². The summed E-state index contributed by atoms with van der Waals surface area (Å²) in [5.74, 6) is 2.26. The molecule has 1 aromatic heterocycles. The van der Waals surface area contributed by atoms with Gasteiger partial charge in [-0.3, -0.25) is 0 Å². The predicted molar refractivity (Wildman–Crippen MR) is 183 cm³/mol. The summed E-state index contributed by atoms with van der Waals surface area (Å²) in [7, 11) is -0.720. The second-order valence-corrected chi connectivity index (χ2v) is 13.9. The maximum atomic E-state index is 12.9. The molecule has 4 aromatic rings. The molecule has 0 N–H and O–H groups in total. The molecule has 0 saturated carbocycles. The van der Waals surface area contributed by atoms with Crippen LogP contribution >= 0.6 is 23.2 Å². The molecule has 248 valence electrons. The Labute approximate surface area is 285 Å². The third-order valence-electron chi connectivity index (χ3n) is 7.66. The molecule has 0 aliphatic carbocycles. The van der Waals surface area contributed by atoms with Crippen LogP contribution in [0, 0.1) is 18.3 Å². The second-order valence-electron chi connectivity index (χ2n) is 11.2. The molecule has 13 heteroatoms. The monoisotopic (exact) mass is 698 g/mol. The minimum Gasteiger partial charge on any atom is -0.497 e. The van der Waals surface area contributed by atoms with E-state index in [0.717, 1.165) is 27.3 Å². The van der Waals surface area contributed by atoms with Gasteiger partial charge in [0.1, 0.15) is 36.5 Å². The van der Waals surface area contributed by atoms with E-state index in [1.807, 2.05) is 45.0 Å². The van der Waals surface area contributed by atoms with Crippen molar-refractivity contribution in [3.8, 4) is 29.1 Å². The standard InChI is InChI=1S/C34H36Cl2N4O6S/c1-22-19-38-33(40(47(6,41)42)20-23-7-10-28(43-4)17-31(23)44-5)39-30(22)21-46-27-11-8-25(9-12-27)34(2,3)26-15-24(18-37)32(29(36)16-26)45-14-13-35/h7-12,15-17,19H,13-14,20-21H2,1-6H3. The first-order chi connectivity index (χ1) is 22.3. The van der Waals surface area contributed by atoms with Crippen molar-refractivity contribution in [2.45, 2.75) is 39.3 Å². The number of aryl methyl sites for hydroxylation is 1. The number of nitriles is 1. The number of ether oxygens (including phenoxy) is 4. The number of nitrogens with zero attached hydrogens (tertiary/aromatic N) is 4. The molecule has 0 aliphatic heterocycles. The van der Waals surface area contributed by atoms with E-state index >= 15 is 0 Å². The SMILES string of the molecule is COc1ccc(CN(c2ncc(C)c(COc3ccc(C(C)(C)c4cc(Cl)c(OCCCl)c(C#N)c4)cc3)n2)S(C)(=O)=O)c(OC)c1. The largest absolute Gasteiger partial charge is 0.497 e. The van der Waals surface area contributed by atoms with Gasteiger partial charge in [-0.2, -0.15) is 5.26 Å². The Hall–Kier alpha value is -4.24. The molecule has 3 aromatic carbocycles. The minimum atomic E-state index is -3.77. The van der Waals surface area contributed by atoms with Crippen LogP contribution in [0.4, 0.5) is 5.95 Å². The van der Waals surface area contributed by atoms with Crippen LogP contribution in [-0.2, 0) is 28.6 Å². The van der Waals surface area contributed by atoms with Crippen molar-refractivity contribution in [3.05, 3.63) is 99.3 Å². The van der Waals surface area contributed by atoms with E-state index in [4.69, 9.17) is 42.1 Å². The van der Waals surface area contributed by atoms with Crippen LogP contribution in [-0.4, -0.2) is 51.3 Å². The van der Waals surface area contributed by atoms with Crippen LogP contribution < -0.4 is 23.3 Å². The zero-order chi connectivity index (χ0) is 34.4. The molecular formula is C34H36Cl2N4O6S. The fraction of sp³-hybridized carbons (Fsp3) is 0.324. The molecule has 4 rings (SSSR count). The summed E-state index contributed by atoms with van der Waals surface area (Å²) in [6, 6.07) is 18.5. The van der Waals surface area contributed by atoms with Crippen LogP contribution in [0.5, 0.6) is 23.0 Å². The fourth-order valence-corrected chi connectivity index (χ4v) is 5.93. The number of halogens is 2. The highest BCUT2D eigenvalue weighted by Crippen LogP contribution is 2.39. The molecule has 0 unspecified atom stereocenters. The first kappa shape index (κ1) is 35.6. The zero-order valence-electron chi connectivity index (χ0n) is 27.0. The van der Waals surface area contributed by atoms with E-state index in [9.17, 15) is 13.7 Å². The average Bonchev–Trinajstić information content (AvgIpc) is 3.05. The highest BCUT2D eigenvalue weighted by molar-refractivity contribution is 7.92. The molecule has 0 fully saturated rings. The molecule has 0 bridgehead atoms. The Morgan fingerprint density at radius 3 is 2.30 bits per heavy atom. The maximum absolute atomic E-state index is 12.9. The molecule has 0 atom stereocenters. The summed E-state index contributed by atoms with van der Waals surface area (Å²) < 4.78 is 49.3. The minimum absolute atomic E-state index is 0.0149. The highest BCUT2D eigenvalue weighted by Gasteiger charge is 2.27. The van der Waals surface area contributed by atoms with E-state index in [1.54, 1.807) is 43.6 Å². The summed E-state index contributed by atoms with van der Waals surface area (Å²) in [6.45, 7) is 6.18. The third-order valence-corrected chi connectivity index (χ3v) is 9.18. The Kier molecular flexibility index (Phi) is 11.4. The molecule has 10 nitrogen and oxygen atoms in total. The lowest BCUT2D eigenvalue weighted by Crippen LogP contribution is -2.31. The van der Waals surface area contributed by atoms with E-state index in [2.05, 4.69) is 16.0 Å². The van der Waals surface area contributed by atoms with Gasteiger partial charge in [0, 0.05) is 23.2 Å². The van der Waals surface area contributed by atoms with Gasteiger partial charge >= 0.3 is 0 Å². The Balaban J connectivity index is 1.54. The van der Waals surface area contributed by atoms with Crippen LogP contribution in [0.25, 0.3) is 0 Å². The Morgan fingerprint density at radius 1 is 0.979 bits per heavy atom. The van der Waals surface area contributed by atoms with Crippen molar-refractivity contribution in [2.24, 2.45) is 0 Å². The van der Waals surface area contributed by atoms with Crippen molar-refractivity contribution in [1.82, 2.24) is 9.97 Å². The predicted octanol–water partition coefficient (Wildman–Crippen LogP) is 6.82. The molecule has 0 amide bonds. The summed E-state index contributed by atoms with van der Waals surface area (Å²) in [5.41, 5.74) is 3.54. The zero-order valence-corrected chi connectivity index (χ0v) is 29.3. The number of alkyl halides is 1.